The van der Waals surface area contributed by atoms with Gasteiger partial charge in [-0.1, -0.05) is 36.4 Å². The molecule has 0 saturated heterocycles. The van der Waals surface area contributed by atoms with Gasteiger partial charge in [0, 0.05) is 80.1 Å². The molecule has 43 heavy (non-hydrogen) atoms. The smallest absolute Gasteiger partial charge is 0.331 e. The van der Waals surface area contributed by atoms with Gasteiger partial charge in [0.1, 0.15) is 12.2 Å². The number of carbonyl (C=O) groups is 4. The number of carboxylic acid groups (broad SMARTS) is 2. The Labute approximate surface area is 273 Å². The Morgan fingerprint density at radius 3 is 1.30 bits per heavy atom. The standard InChI is InChI=1S/C30H34O8S5/c31-27(32)11-13-29(35)37-23(21-42-25-7-3-1-4-8-25)19-40-17-15-39-16-18-41-20-24(38-30(36)14-12-28(33)34)22-43-26-9-5-2-6-10-26/h1-14,23-24H,15-22H2,(H,31,32)(H,33,34). The molecule has 8 nitrogen and oxygen atoms in total. The Morgan fingerprint density at radius 2 is 0.930 bits per heavy atom. The van der Waals surface area contributed by atoms with Crippen LogP contribution in [0.5, 0.6) is 0 Å². The molecule has 0 heterocycles. The lowest BCUT2D eigenvalue weighted by atomic mass is 10.4. The third-order valence-corrected chi connectivity index (χ3v) is 11.0. The van der Waals surface area contributed by atoms with E-state index in [1.165, 1.54) is 0 Å². The summed E-state index contributed by atoms with van der Waals surface area (Å²) in [6, 6.07) is 19.6. The molecular formula is C30H34O8S5. The van der Waals surface area contributed by atoms with Crippen molar-refractivity contribution >= 4 is 82.7 Å². The predicted molar refractivity (Wildman–Crippen MR) is 180 cm³/mol. The summed E-state index contributed by atoms with van der Waals surface area (Å²) in [7, 11) is 0. The van der Waals surface area contributed by atoms with Gasteiger partial charge in [-0.25, -0.2) is 19.2 Å². The average Bonchev–Trinajstić information content (AvgIpc) is 3.00. The van der Waals surface area contributed by atoms with Gasteiger partial charge >= 0.3 is 23.9 Å². The lowest BCUT2D eigenvalue weighted by molar-refractivity contribution is -0.142. The third kappa shape index (κ3) is 19.4. The number of thioether (sulfide) groups is 5. The Kier molecular flexibility index (Phi) is 19.7. The Hall–Kier alpha value is -2.45. The van der Waals surface area contributed by atoms with Crippen molar-refractivity contribution in [3.63, 3.8) is 0 Å². The number of rotatable bonds is 22. The van der Waals surface area contributed by atoms with E-state index >= 15 is 0 Å². The first-order valence-electron chi connectivity index (χ1n) is 13.1. The maximum Gasteiger partial charge on any atom is 0.331 e. The van der Waals surface area contributed by atoms with E-state index in [1.807, 2.05) is 72.4 Å². The van der Waals surface area contributed by atoms with E-state index in [4.69, 9.17) is 19.7 Å². The molecule has 0 fully saturated rings. The van der Waals surface area contributed by atoms with Crippen molar-refractivity contribution in [2.45, 2.75) is 22.0 Å². The SMILES string of the molecule is O=C(O)C=CC(=O)OC(CSCCSCCSCC(CSc1ccccc1)OC(=O)C=CC(=O)O)CSc1ccccc1. The number of carbonyl (C=O) groups excluding carboxylic acids is 2. The molecule has 2 unspecified atom stereocenters. The minimum absolute atomic E-state index is 0.361. The van der Waals surface area contributed by atoms with Crippen molar-refractivity contribution < 1.29 is 38.9 Å². The van der Waals surface area contributed by atoms with Crippen LogP contribution in [0.4, 0.5) is 0 Å². The number of esters is 2. The van der Waals surface area contributed by atoms with Gasteiger partial charge in [0.05, 0.1) is 0 Å². The molecule has 0 saturated carbocycles. The van der Waals surface area contributed by atoms with Gasteiger partial charge < -0.3 is 19.7 Å². The number of hydrogen-bond acceptors (Lipinski definition) is 11. The van der Waals surface area contributed by atoms with Gasteiger partial charge in [-0.2, -0.15) is 35.3 Å². The summed E-state index contributed by atoms with van der Waals surface area (Å²) in [6.07, 6.45) is 2.69. The van der Waals surface area contributed by atoms with Crippen molar-refractivity contribution in [3.8, 4) is 0 Å². The molecule has 13 heteroatoms. The van der Waals surface area contributed by atoms with Crippen LogP contribution < -0.4 is 0 Å². The minimum atomic E-state index is -1.20. The number of hydrogen-bond donors (Lipinski definition) is 2. The summed E-state index contributed by atoms with van der Waals surface area (Å²) in [4.78, 5) is 47.6. The van der Waals surface area contributed by atoms with Crippen molar-refractivity contribution in [2.24, 2.45) is 0 Å². The Bertz CT molecular complexity index is 1090. The molecule has 0 aromatic heterocycles. The van der Waals surface area contributed by atoms with Gasteiger partial charge in [0.2, 0.25) is 0 Å². The number of benzene rings is 2. The molecule has 2 aromatic rings. The van der Waals surface area contributed by atoms with Crippen LogP contribution in [0, 0.1) is 0 Å². The first-order chi connectivity index (χ1) is 20.8. The van der Waals surface area contributed by atoms with E-state index in [-0.39, 0.29) is 12.2 Å². The van der Waals surface area contributed by atoms with E-state index < -0.39 is 23.9 Å². The molecule has 0 spiro atoms. The summed E-state index contributed by atoms with van der Waals surface area (Å²) in [6.45, 7) is 0. The molecule has 2 rings (SSSR count). The molecule has 232 valence electrons. The van der Waals surface area contributed by atoms with Crippen LogP contribution in [0.1, 0.15) is 0 Å². The normalized spacial score (nSPS) is 12.7. The quantitative estimate of drug-likeness (QED) is 0.0665. The maximum absolute atomic E-state index is 12.0. The highest BCUT2D eigenvalue weighted by atomic mass is 32.2. The van der Waals surface area contributed by atoms with Crippen LogP contribution in [-0.4, -0.2) is 92.3 Å². The minimum Gasteiger partial charge on any atom is -0.478 e. The van der Waals surface area contributed by atoms with Crippen LogP contribution in [-0.2, 0) is 28.7 Å². The van der Waals surface area contributed by atoms with Gasteiger partial charge in [0.25, 0.3) is 0 Å². The molecule has 0 aliphatic heterocycles. The fourth-order valence-electron chi connectivity index (χ4n) is 3.10. The molecule has 2 aromatic carbocycles. The average molecular weight is 683 g/mol. The van der Waals surface area contributed by atoms with E-state index in [2.05, 4.69) is 0 Å². The summed E-state index contributed by atoms with van der Waals surface area (Å²) in [5, 5.41) is 17.5. The zero-order valence-corrected chi connectivity index (χ0v) is 27.4. The van der Waals surface area contributed by atoms with Crippen LogP contribution in [0.25, 0.3) is 0 Å². The zero-order valence-electron chi connectivity index (χ0n) is 23.3. The van der Waals surface area contributed by atoms with Crippen molar-refractivity contribution in [2.75, 3.05) is 46.0 Å². The molecule has 2 atom stereocenters. The lowest BCUT2D eigenvalue weighted by Crippen LogP contribution is -2.23. The van der Waals surface area contributed by atoms with Crippen molar-refractivity contribution in [1.82, 2.24) is 0 Å². The summed E-state index contributed by atoms with van der Waals surface area (Å²) in [5.41, 5.74) is 0. The summed E-state index contributed by atoms with van der Waals surface area (Å²) in [5.74, 6) is 2.16. The highest BCUT2D eigenvalue weighted by Crippen LogP contribution is 2.23. The van der Waals surface area contributed by atoms with E-state index in [0.29, 0.717) is 23.0 Å². The second-order valence-electron chi connectivity index (χ2n) is 8.47. The third-order valence-electron chi connectivity index (χ3n) is 5.00. The maximum atomic E-state index is 12.0. The van der Waals surface area contributed by atoms with Gasteiger partial charge in [-0.3, -0.25) is 0 Å². The molecule has 0 amide bonds. The van der Waals surface area contributed by atoms with Crippen LogP contribution in [0.3, 0.4) is 0 Å². The Balaban J connectivity index is 1.69. The number of carboxylic acids is 2. The second-order valence-corrected chi connectivity index (χ2v) is 14.2. The van der Waals surface area contributed by atoms with E-state index in [9.17, 15) is 19.2 Å². The largest absolute Gasteiger partial charge is 0.478 e. The van der Waals surface area contributed by atoms with Gasteiger partial charge in [0.15, 0.2) is 0 Å². The fourth-order valence-corrected chi connectivity index (χ4v) is 8.54. The van der Waals surface area contributed by atoms with Gasteiger partial charge in [-0.15, -0.1) is 23.5 Å². The van der Waals surface area contributed by atoms with Crippen LogP contribution in [0.2, 0.25) is 0 Å². The topological polar surface area (TPSA) is 127 Å². The first-order valence-corrected chi connectivity index (χ1v) is 18.6. The van der Waals surface area contributed by atoms with E-state index in [0.717, 1.165) is 57.1 Å². The molecule has 0 aliphatic rings. The van der Waals surface area contributed by atoms with Crippen LogP contribution in [0.15, 0.2) is 94.8 Å². The van der Waals surface area contributed by atoms with Gasteiger partial charge in [-0.05, 0) is 24.3 Å². The highest BCUT2D eigenvalue weighted by molar-refractivity contribution is 8.04. The highest BCUT2D eigenvalue weighted by Gasteiger charge is 2.16. The molecule has 0 aliphatic carbocycles. The first kappa shape index (κ1) is 36.7. The molecular weight excluding hydrogens is 649 g/mol. The summed E-state index contributed by atoms with van der Waals surface area (Å²) >= 11 is 8.34. The molecule has 0 radical (unpaired) electrons. The molecule has 0 bridgehead atoms. The predicted octanol–water partition coefficient (Wildman–Crippen LogP) is 5.88. The lowest BCUT2D eigenvalue weighted by Gasteiger charge is -2.17. The number of ether oxygens (including phenoxy) is 2. The second kappa shape index (κ2) is 23.0. The number of aliphatic carboxylic acids is 2. The monoisotopic (exact) mass is 682 g/mol. The molecule has 2 N–H and O–H groups in total. The Morgan fingerprint density at radius 1 is 0.558 bits per heavy atom. The van der Waals surface area contributed by atoms with Crippen molar-refractivity contribution in [1.29, 1.82) is 0 Å². The zero-order chi connectivity index (χ0) is 31.1. The fraction of sp³-hybridized carbons (Fsp3) is 0.333. The summed E-state index contributed by atoms with van der Waals surface area (Å²) < 4.78 is 11.0. The van der Waals surface area contributed by atoms with E-state index in [1.54, 1.807) is 47.0 Å². The van der Waals surface area contributed by atoms with Crippen LogP contribution >= 0.6 is 58.8 Å². The van der Waals surface area contributed by atoms with Crippen molar-refractivity contribution in [3.05, 3.63) is 85.0 Å².